The normalized spacial score (nSPS) is 10.1. The highest BCUT2D eigenvalue weighted by Crippen LogP contribution is 2.31. The number of carbonyl (C=O) groups is 1. The molecule has 0 saturated carbocycles. The van der Waals surface area contributed by atoms with Crippen molar-refractivity contribution in [1.29, 1.82) is 0 Å². The smallest absolute Gasteiger partial charge is 0.322 e. The molecular formula is C13H12BrN3O3. The van der Waals surface area contributed by atoms with Gasteiger partial charge in [-0.1, -0.05) is 15.9 Å². The lowest BCUT2D eigenvalue weighted by molar-refractivity contribution is -0.134. The summed E-state index contributed by atoms with van der Waals surface area (Å²) in [5.74, 6) is 0.142. The van der Waals surface area contributed by atoms with E-state index in [0.717, 1.165) is 10.0 Å². The van der Waals surface area contributed by atoms with E-state index in [2.05, 4.69) is 31.4 Å². The average Bonchev–Trinajstić information content (AvgIpc) is 2.45. The van der Waals surface area contributed by atoms with Gasteiger partial charge in [0.2, 0.25) is 0 Å². The monoisotopic (exact) mass is 337 g/mol. The van der Waals surface area contributed by atoms with Crippen molar-refractivity contribution in [2.45, 2.75) is 0 Å². The maximum atomic E-state index is 10.4. The van der Waals surface area contributed by atoms with Crippen LogP contribution in [0.15, 0.2) is 34.8 Å². The summed E-state index contributed by atoms with van der Waals surface area (Å²) in [5, 5.41) is 19.2. The van der Waals surface area contributed by atoms with Crippen LogP contribution >= 0.6 is 15.9 Å². The summed E-state index contributed by atoms with van der Waals surface area (Å²) < 4.78 is 6.19. The molecule has 0 aliphatic heterocycles. The van der Waals surface area contributed by atoms with Gasteiger partial charge in [0.25, 0.3) is 0 Å². The third-order valence-corrected chi connectivity index (χ3v) is 3.02. The zero-order valence-electron chi connectivity index (χ0n) is 10.6. The van der Waals surface area contributed by atoms with Crippen molar-refractivity contribution in [2.24, 2.45) is 0 Å². The number of carboxylic acid groups (broad SMARTS) is 1. The molecule has 6 nitrogen and oxygen atoms in total. The second-order valence-corrected chi connectivity index (χ2v) is 4.81. The van der Waals surface area contributed by atoms with Gasteiger partial charge in [-0.15, -0.1) is 10.2 Å². The van der Waals surface area contributed by atoms with E-state index in [1.54, 1.807) is 19.2 Å². The second-order valence-electron chi connectivity index (χ2n) is 3.90. The number of nitrogens with zero attached hydrogens (tertiary/aromatic N) is 2. The second kappa shape index (κ2) is 6.33. The number of carboxylic acids is 1. The lowest BCUT2D eigenvalue weighted by Gasteiger charge is -2.08. The fraction of sp³-hybridized carbons (Fsp3) is 0.154. The first kappa shape index (κ1) is 14.3. The van der Waals surface area contributed by atoms with Crippen LogP contribution in [-0.4, -0.2) is 34.9 Å². The maximum absolute atomic E-state index is 10.4. The SMILES string of the molecule is COc1ccc(Br)cc1-c1ccc(NCC(=O)O)nn1. The first-order chi connectivity index (χ1) is 9.60. The highest BCUT2D eigenvalue weighted by molar-refractivity contribution is 9.10. The van der Waals surface area contributed by atoms with Gasteiger partial charge in [-0.2, -0.15) is 0 Å². The molecule has 2 N–H and O–H groups in total. The van der Waals surface area contributed by atoms with E-state index in [1.165, 1.54) is 0 Å². The van der Waals surface area contributed by atoms with E-state index >= 15 is 0 Å². The number of benzene rings is 1. The number of methoxy groups -OCH3 is 1. The van der Waals surface area contributed by atoms with Gasteiger partial charge in [0.1, 0.15) is 18.1 Å². The summed E-state index contributed by atoms with van der Waals surface area (Å²) in [6.07, 6.45) is 0. The Morgan fingerprint density at radius 1 is 1.35 bits per heavy atom. The Bertz CT molecular complexity index is 617. The number of halogens is 1. The molecule has 1 heterocycles. The quantitative estimate of drug-likeness (QED) is 0.871. The topological polar surface area (TPSA) is 84.3 Å². The van der Waals surface area contributed by atoms with Crippen molar-refractivity contribution in [3.63, 3.8) is 0 Å². The van der Waals surface area contributed by atoms with Crippen molar-refractivity contribution < 1.29 is 14.6 Å². The van der Waals surface area contributed by atoms with Crippen LogP contribution in [0.1, 0.15) is 0 Å². The van der Waals surface area contributed by atoms with Gasteiger partial charge in [-0.3, -0.25) is 4.79 Å². The molecule has 7 heteroatoms. The third kappa shape index (κ3) is 3.45. The number of anilines is 1. The molecule has 20 heavy (non-hydrogen) atoms. The predicted molar refractivity (Wildman–Crippen MR) is 77.8 cm³/mol. The molecule has 0 bridgehead atoms. The Hall–Kier alpha value is -2.15. The molecule has 1 aromatic carbocycles. The minimum atomic E-state index is -0.954. The summed E-state index contributed by atoms with van der Waals surface area (Å²) in [4.78, 5) is 10.4. The number of rotatable bonds is 5. The van der Waals surface area contributed by atoms with Gasteiger partial charge in [-0.25, -0.2) is 0 Å². The summed E-state index contributed by atoms with van der Waals surface area (Å²) in [7, 11) is 1.59. The fourth-order valence-corrected chi connectivity index (χ4v) is 1.98. The molecule has 0 unspecified atom stereocenters. The molecule has 104 valence electrons. The van der Waals surface area contributed by atoms with Crippen LogP contribution in [0.2, 0.25) is 0 Å². The molecule has 2 rings (SSSR count). The molecular weight excluding hydrogens is 326 g/mol. The van der Waals surface area contributed by atoms with E-state index in [4.69, 9.17) is 9.84 Å². The molecule has 0 aliphatic carbocycles. The molecule has 0 radical (unpaired) electrons. The van der Waals surface area contributed by atoms with Crippen molar-refractivity contribution >= 4 is 27.7 Å². The Morgan fingerprint density at radius 3 is 2.75 bits per heavy atom. The molecule has 0 atom stereocenters. The number of nitrogens with one attached hydrogen (secondary N) is 1. The van der Waals surface area contributed by atoms with E-state index in [1.807, 2.05) is 18.2 Å². The van der Waals surface area contributed by atoms with Crippen molar-refractivity contribution in [3.8, 4) is 17.0 Å². The minimum Gasteiger partial charge on any atom is -0.496 e. The van der Waals surface area contributed by atoms with E-state index in [9.17, 15) is 4.79 Å². The standard InChI is InChI=1S/C13H12BrN3O3/c1-20-11-4-2-8(14)6-9(11)10-3-5-12(17-16-10)15-7-13(18)19/h2-6H,7H2,1H3,(H,15,17)(H,18,19). The fourth-order valence-electron chi connectivity index (χ4n) is 1.62. The Labute approximate surface area is 123 Å². The van der Waals surface area contributed by atoms with Crippen LogP contribution in [0, 0.1) is 0 Å². The largest absolute Gasteiger partial charge is 0.496 e. The van der Waals surface area contributed by atoms with E-state index in [-0.39, 0.29) is 6.54 Å². The third-order valence-electron chi connectivity index (χ3n) is 2.52. The number of aromatic nitrogens is 2. The molecule has 2 aromatic rings. The summed E-state index contributed by atoms with van der Waals surface area (Å²) >= 11 is 3.40. The van der Waals surface area contributed by atoms with Gasteiger partial charge in [-0.05, 0) is 30.3 Å². The zero-order chi connectivity index (χ0) is 14.5. The minimum absolute atomic E-state index is 0.200. The summed E-state index contributed by atoms with van der Waals surface area (Å²) in [6.45, 7) is -0.200. The van der Waals surface area contributed by atoms with Crippen LogP contribution < -0.4 is 10.1 Å². The van der Waals surface area contributed by atoms with Crippen molar-refractivity contribution in [3.05, 3.63) is 34.8 Å². The van der Waals surface area contributed by atoms with Crippen molar-refractivity contribution in [1.82, 2.24) is 10.2 Å². The van der Waals surface area contributed by atoms with E-state index < -0.39 is 5.97 Å². The molecule has 0 fully saturated rings. The maximum Gasteiger partial charge on any atom is 0.322 e. The van der Waals surface area contributed by atoms with Crippen LogP contribution in [0.25, 0.3) is 11.3 Å². The molecule has 0 amide bonds. The summed E-state index contributed by atoms with van der Waals surface area (Å²) in [5.41, 5.74) is 1.45. The predicted octanol–water partition coefficient (Wildman–Crippen LogP) is 2.41. The van der Waals surface area contributed by atoms with Crippen LogP contribution in [0.5, 0.6) is 5.75 Å². The molecule has 0 saturated heterocycles. The number of aliphatic carboxylic acids is 1. The van der Waals surface area contributed by atoms with Crippen LogP contribution in [0.3, 0.4) is 0 Å². The number of hydrogen-bond acceptors (Lipinski definition) is 5. The van der Waals surface area contributed by atoms with Gasteiger partial charge >= 0.3 is 5.97 Å². The molecule has 1 aromatic heterocycles. The lowest BCUT2D eigenvalue weighted by atomic mass is 10.1. The molecule has 0 spiro atoms. The van der Waals surface area contributed by atoms with Crippen LogP contribution in [0.4, 0.5) is 5.82 Å². The van der Waals surface area contributed by atoms with Gasteiger partial charge in [0.05, 0.1) is 12.8 Å². The Kier molecular flexibility index (Phi) is 4.52. The Morgan fingerprint density at radius 2 is 2.15 bits per heavy atom. The first-order valence-corrected chi connectivity index (χ1v) is 6.53. The first-order valence-electron chi connectivity index (χ1n) is 5.73. The van der Waals surface area contributed by atoms with Crippen LogP contribution in [-0.2, 0) is 4.79 Å². The van der Waals surface area contributed by atoms with Crippen molar-refractivity contribution in [2.75, 3.05) is 19.0 Å². The van der Waals surface area contributed by atoms with E-state index in [0.29, 0.717) is 17.3 Å². The Balaban J connectivity index is 2.25. The van der Waals surface area contributed by atoms with Gasteiger partial charge in [0, 0.05) is 10.0 Å². The van der Waals surface area contributed by atoms with Gasteiger partial charge in [0.15, 0.2) is 0 Å². The van der Waals surface area contributed by atoms with Gasteiger partial charge < -0.3 is 15.2 Å². The summed E-state index contributed by atoms with van der Waals surface area (Å²) in [6, 6.07) is 9.01. The highest BCUT2D eigenvalue weighted by Gasteiger charge is 2.09. The molecule has 0 aliphatic rings. The lowest BCUT2D eigenvalue weighted by Crippen LogP contribution is -2.13. The zero-order valence-corrected chi connectivity index (χ0v) is 12.2. The highest BCUT2D eigenvalue weighted by atomic mass is 79.9. The number of ether oxygens (including phenoxy) is 1. The average molecular weight is 338 g/mol. The number of hydrogen-bond donors (Lipinski definition) is 2.